The molecule has 0 radical (unpaired) electrons. The van der Waals surface area contributed by atoms with Crippen molar-refractivity contribution < 1.29 is 17.9 Å². The van der Waals surface area contributed by atoms with Crippen LogP contribution in [0.3, 0.4) is 0 Å². The highest BCUT2D eigenvalue weighted by Gasteiger charge is 2.30. The van der Waals surface area contributed by atoms with Crippen molar-refractivity contribution in [3.8, 4) is 5.75 Å². The van der Waals surface area contributed by atoms with E-state index < -0.39 is 11.7 Å². The molecule has 1 aromatic carbocycles. The molecule has 2 N–H and O–H groups in total. The van der Waals surface area contributed by atoms with Gasteiger partial charge in [-0.3, -0.25) is 0 Å². The van der Waals surface area contributed by atoms with Gasteiger partial charge in [0.2, 0.25) is 0 Å². The Bertz CT molecular complexity index is 420. The zero-order chi connectivity index (χ0) is 13.8. The molecule has 100 valence electrons. The molecule has 0 aliphatic carbocycles. The molecule has 2 nitrogen and oxygen atoms in total. The Hall–Kier alpha value is -1.30. The normalized spacial score (nSPS) is 13.1. The Morgan fingerprint density at radius 3 is 2.61 bits per heavy atom. The molecule has 0 amide bonds. The van der Waals surface area contributed by atoms with Gasteiger partial charge in [0, 0.05) is 6.42 Å². The van der Waals surface area contributed by atoms with Crippen molar-refractivity contribution in [2.75, 3.05) is 0 Å². The van der Waals surface area contributed by atoms with Crippen LogP contribution in [-0.4, -0.2) is 11.1 Å². The maximum absolute atomic E-state index is 12.5. The molecule has 0 heterocycles. The molecule has 0 saturated heterocycles. The van der Waals surface area contributed by atoms with E-state index in [1.54, 1.807) is 0 Å². The quantitative estimate of drug-likeness (QED) is 0.836. The number of benzene rings is 1. The largest absolute Gasteiger partial charge is 0.490 e. The zero-order valence-corrected chi connectivity index (χ0v) is 10.6. The number of ether oxygens (including phenoxy) is 1. The molecule has 0 aromatic heterocycles. The summed E-state index contributed by atoms with van der Waals surface area (Å²) in [5.74, 6) is 0.174. The fourth-order valence-electron chi connectivity index (χ4n) is 1.43. The lowest BCUT2D eigenvalue weighted by Crippen LogP contribution is -2.23. The molecule has 0 bridgehead atoms. The van der Waals surface area contributed by atoms with Crippen LogP contribution >= 0.6 is 12.2 Å². The number of alkyl halides is 3. The summed E-state index contributed by atoms with van der Waals surface area (Å²) in [5.41, 5.74) is 4.66. The van der Waals surface area contributed by atoms with E-state index in [0.29, 0.717) is 12.8 Å². The highest BCUT2D eigenvalue weighted by atomic mass is 32.1. The van der Waals surface area contributed by atoms with Crippen molar-refractivity contribution in [3.63, 3.8) is 0 Å². The molecular formula is C12H14F3NOS. The zero-order valence-electron chi connectivity index (χ0n) is 9.83. The van der Waals surface area contributed by atoms with Crippen LogP contribution in [0.2, 0.25) is 0 Å². The van der Waals surface area contributed by atoms with Crippen molar-refractivity contribution in [2.24, 2.45) is 5.73 Å². The maximum Gasteiger partial charge on any atom is 0.416 e. The number of rotatable bonds is 5. The highest BCUT2D eigenvalue weighted by molar-refractivity contribution is 7.80. The molecule has 1 atom stereocenters. The van der Waals surface area contributed by atoms with Crippen molar-refractivity contribution in [1.82, 2.24) is 0 Å². The molecule has 6 heteroatoms. The lowest BCUT2D eigenvalue weighted by molar-refractivity contribution is -0.137. The second kappa shape index (κ2) is 6.04. The van der Waals surface area contributed by atoms with E-state index in [1.165, 1.54) is 12.1 Å². The summed E-state index contributed by atoms with van der Waals surface area (Å²) in [6.07, 6.45) is -3.70. The Balaban J connectivity index is 2.81. The Morgan fingerprint density at radius 2 is 2.11 bits per heavy atom. The summed E-state index contributed by atoms with van der Waals surface area (Å²) in [7, 11) is 0. The molecule has 0 fully saturated rings. The third-order valence-corrected chi connectivity index (χ3v) is 2.51. The fourth-order valence-corrected chi connectivity index (χ4v) is 1.62. The monoisotopic (exact) mass is 277 g/mol. The Kier molecular flexibility index (Phi) is 4.95. The Labute approximate surface area is 109 Å². The van der Waals surface area contributed by atoms with Gasteiger partial charge < -0.3 is 10.5 Å². The number of nitrogens with two attached hydrogens (primary N) is 1. The van der Waals surface area contributed by atoms with Crippen LogP contribution in [0.25, 0.3) is 0 Å². The second-order valence-corrected chi connectivity index (χ2v) is 4.37. The SMILES string of the molecule is CCC(CC(N)=S)Oc1cccc(C(F)(F)F)c1. The molecule has 0 spiro atoms. The summed E-state index contributed by atoms with van der Waals surface area (Å²) in [6, 6.07) is 4.77. The van der Waals surface area contributed by atoms with Gasteiger partial charge >= 0.3 is 6.18 Å². The average Bonchev–Trinajstić information content (AvgIpc) is 2.26. The number of hydrogen-bond acceptors (Lipinski definition) is 2. The van der Waals surface area contributed by atoms with Gasteiger partial charge in [-0.25, -0.2) is 0 Å². The van der Waals surface area contributed by atoms with Crippen LogP contribution in [0.15, 0.2) is 24.3 Å². The first-order chi connectivity index (χ1) is 8.32. The van der Waals surface area contributed by atoms with E-state index in [1.807, 2.05) is 6.92 Å². The molecule has 0 saturated carbocycles. The Morgan fingerprint density at radius 1 is 1.44 bits per heavy atom. The van der Waals surface area contributed by atoms with Gasteiger partial charge in [0.05, 0.1) is 10.6 Å². The fraction of sp³-hybridized carbons (Fsp3) is 0.417. The molecule has 1 rings (SSSR count). The summed E-state index contributed by atoms with van der Waals surface area (Å²) in [6.45, 7) is 1.86. The lowest BCUT2D eigenvalue weighted by Gasteiger charge is -2.17. The summed E-state index contributed by atoms with van der Waals surface area (Å²) in [5, 5.41) is 0. The lowest BCUT2D eigenvalue weighted by atomic mass is 10.2. The number of halogens is 3. The van der Waals surface area contributed by atoms with E-state index in [2.05, 4.69) is 0 Å². The van der Waals surface area contributed by atoms with Crippen LogP contribution in [0, 0.1) is 0 Å². The minimum atomic E-state index is -4.37. The molecule has 0 aliphatic heterocycles. The summed E-state index contributed by atoms with van der Waals surface area (Å²) >= 11 is 4.76. The smallest absolute Gasteiger partial charge is 0.416 e. The minimum Gasteiger partial charge on any atom is -0.490 e. The predicted molar refractivity (Wildman–Crippen MR) is 67.6 cm³/mol. The van der Waals surface area contributed by atoms with E-state index in [4.69, 9.17) is 22.7 Å². The average molecular weight is 277 g/mol. The van der Waals surface area contributed by atoms with Gasteiger partial charge in [0.15, 0.2) is 0 Å². The van der Waals surface area contributed by atoms with Crippen LogP contribution in [0.1, 0.15) is 25.3 Å². The van der Waals surface area contributed by atoms with Crippen molar-refractivity contribution in [3.05, 3.63) is 29.8 Å². The van der Waals surface area contributed by atoms with E-state index in [0.717, 1.165) is 12.1 Å². The first-order valence-corrected chi connectivity index (χ1v) is 5.86. The van der Waals surface area contributed by atoms with Gasteiger partial charge in [-0.1, -0.05) is 25.2 Å². The van der Waals surface area contributed by atoms with Gasteiger partial charge in [-0.05, 0) is 24.6 Å². The van der Waals surface area contributed by atoms with E-state index in [9.17, 15) is 13.2 Å². The van der Waals surface area contributed by atoms with Gasteiger partial charge in [-0.2, -0.15) is 13.2 Å². The topological polar surface area (TPSA) is 35.2 Å². The van der Waals surface area contributed by atoms with Crippen molar-refractivity contribution in [1.29, 1.82) is 0 Å². The van der Waals surface area contributed by atoms with Crippen LogP contribution in [0.4, 0.5) is 13.2 Å². The molecular weight excluding hydrogens is 263 g/mol. The van der Waals surface area contributed by atoms with Crippen LogP contribution in [0.5, 0.6) is 5.75 Å². The highest BCUT2D eigenvalue weighted by Crippen LogP contribution is 2.31. The molecule has 18 heavy (non-hydrogen) atoms. The van der Waals surface area contributed by atoms with Crippen molar-refractivity contribution in [2.45, 2.75) is 32.0 Å². The predicted octanol–water partition coefficient (Wildman–Crippen LogP) is 3.54. The summed E-state index contributed by atoms with van der Waals surface area (Å²) in [4.78, 5) is 0.286. The van der Waals surface area contributed by atoms with Crippen LogP contribution < -0.4 is 10.5 Å². The van der Waals surface area contributed by atoms with Gasteiger partial charge in [0.1, 0.15) is 11.9 Å². The molecule has 1 unspecified atom stereocenters. The third kappa shape index (κ3) is 4.52. The van der Waals surface area contributed by atoms with Crippen molar-refractivity contribution >= 4 is 17.2 Å². The molecule has 0 aliphatic rings. The first kappa shape index (κ1) is 14.8. The van der Waals surface area contributed by atoms with Crippen LogP contribution in [-0.2, 0) is 6.18 Å². The van der Waals surface area contributed by atoms with E-state index >= 15 is 0 Å². The van der Waals surface area contributed by atoms with E-state index in [-0.39, 0.29) is 16.8 Å². The third-order valence-electron chi connectivity index (χ3n) is 2.35. The van der Waals surface area contributed by atoms with Gasteiger partial charge in [-0.15, -0.1) is 0 Å². The second-order valence-electron chi connectivity index (χ2n) is 3.84. The summed E-state index contributed by atoms with van der Waals surface area (Å²) < 4.78 is 42.9. The number of hydrogen-bond donors (Lipinski definition) is 1. The number of thiocarbonyl (C=S) groups is 1. The first-order valence-electron chi connectivity index (χ1n) is 5.45. The standard InChI is InChI=1S/C12H14F3NOS/c1-2-9(7-11(16)18)17-10-5-3-4-8(6-10)12(13,14)15/h3-6,9H,2,7H2,1H3,(H2,16,18). The maximum atomic E-state index is 12.5. The van der Waals surface area contributed by atoms with Gasteiger partial charge in [0.25, 0.3) is 0 Å². The molecule has 1 aromatic rings. The minimum absolute atomic E-state index is 0.174.